The smallest absolute Gasteiger partial charge is 0.197 e. The second kappa shape index (κ2) is 4.71. The Kier molecular flexibility index (Phi) is 3.01. The molecule has 1 aromatic heterocycles. The van der Waals surface area contributed by atoms with Gasteiger partial charge in [-0.2, -0.15) is 0 Å². The van der Waals surface area contributed by atoms with Gasteiger partial charge in [0.2, 0.25) is 0 Å². The summed E-state index contributed by atoms with van der Waals surface area (Å²) in [5, 5.41) is 0.939. The molecule has 0 radical (unpaired) electrons. The van der Waals surface area contributed by atoms with Crippen molar-refractivity contribution in [3.05, 3.63) is 36.0 Å². The van der Waals surface area contributed by atoms with Gasteiger partial charge in [0, 0.05) is 30.8 Å². The average molecular weight is 269 g/mol. The Bertz CT molecular complexity index is 710. The molecule has 20 heavy (non-hydrogen) atoms. The molecule has 1 fully saturated rings. The second-order valence-electron chi connectivity index (χ2n) is 5.23. The van der Waals surface area contributed by atoms with Crippen LogP contribution in [0, 0.1) is 5.92 Å². The highest BCUT2D eigenvalue weighted by Crippen LogP contribution is 2.25. The van der Waals surface area contributed by atoms with Gasteiger partial charge in [0.25, 0.3) is 0 Å². The Labute approximate surface area is 116 Å². The van der Waals surface area contributed by atoms with Crippen LogP contribution in [0.2, 0.25) is 0 Å². The topological polar surface area (TPSA) is 56.1 Å². The van der Waals surface area contributed by atoms with Crippen LogP contribution in [0.15, 0.2) is 30.3 Å². The maximum absolute atomic E-state index is 12.5. The zero-order chi connectivity index (χ0) is 14.3. The number of aryl methyl sites for hydroxylation is 1. The van der Waals surface area contributed by atoms with E-state index in [9.17, 15) is 14.4 Å². The molecule has 0 N–H and O–H groups in total. The van der Waals surface area contributed by atoms with Crippen molar-refractivity contribution in [2.45, 2.75) is 19.3 Å². The van der Waals surface area contributed by atoms with Gasteiger partial charge in [-0.05, 0) is 18.6 Å². The molecule has 0 bridgehead atoms. The van der Waals surface area contributed by atoms with Gasteiger partial charge in [0.1, 0.15) is 5.92 Å². The number of Topliss-reactive ketones (excluding diaryl/α,β-unsaturated/α-hetero) is 3. The summed E-state index contributed by atoms with van der Waals surface area (Å²) >= 11 is 0. The zero-order valence-electron chi connectivity index (χ0n) is 11.3. The molecule has 0 spiro atoms. The lowest BCUT2D eigenvalue weighted by atomic mass is 9.83. The van der Waals surface area contributed by atoms with Crippen LogP contribution in [0.1, 0.15) is 29.8 Å². The number of hydrogen-bond donors (Lipinski definition) is 0. The van der Waals surface area contributed by atoms with Gasteiger partial charge in [0.15, 0.2) is 17.3 Å². The lowest BCUT2D eigenvalue weighted by molar-refractivity contribution is -0.133. The summed E-state index contributed by atoms with van der Waals surface area (Å²) in [7, 11) is 1.79. The standard InChI is InChI=1S/C16H15NO3/c1-17-11-6-3-2-5-10(11)9-12(17)16(20)15-13(18)7-4-8-14(15)19/h2-3,5-6,9,15H,4,7-8H2,1H3. The zero-order valence-corrected chi connectivity index (χ0v) is 11.3. The van der Waals surface area contributed by atoms with Crippen LogP contribution in [-0.2, 0) is 16.6 Å². The minimum atomic E-state index is -1.09. The number of fused-ring (bicyclic) bond motifs is 1. The molecule has 3 rings (SSSR count). The molecule has 1 aromatic carbocycles. The fourth-order valence-corrected chi connectivity index (χ4v) is 2.87. The number of benzene rings is 1. The predicted molar refractivity (Wildman–Crippen MR) is 74.6 cm³/mol. The van der Waals surface area contributed by atoms with E-state index in [4.69, 9.17) is 0 Å². The molecule has 2 aromatic rings. The van der Waals surface area contributed by atoms with Crippen LogP contribution in [0.5, 0.6) is 0 Å². The first kappa shape index (κ1) is 12.8. The van der Waals surface area contributed by atoms with Crippen LogP contribution in [-0.4, -0.2) is 21.9 Å². The molecule has 4 heteroatoms. The third kappa shape index (κ3) is 1.88. The van der Waals surface area contributed by atoms with Crippen LogP contribution in [0.4, 0.5) is 0 Å². The van der Waals surface area contributed by atoms with Crippen molar-refractivity contribution in [1.29, 1.82) is 0 Å². The predicted octanol–water partition coefficient (Wildman–Crippen LogP) is 2.30. The van der Waals surface area contributed by atoms with Gasteiger partial charge in [-0.1, -0.05) is 18.2 Å². The Balaban J connectivity index is 2.06. The van der Waals surface area contributed by atoms with Crippen molar-refractivity contribution < 1.29 is 14.4 Å². The Morgan fingerprint density at radius 3 is 2.45 bits per heavy atom. The molecule has 0 atom stereocenters. The lowest BCUT2D eigenvalue weighted by Gasteiger charge is -2.18. The normalized spacial score (nSPS) is 16.9. The summed E-state index contributed by atoms with van der Waals surface area (Å²) in [6.07, 6.45) is 1.22. The number of aromatic nitrogens is 1. The van der Waals surface area contributed by atoms with E-state index in [0.29, 0.717) is 25.0 Å². The highest BCUT2D eigenvalue weighted by molar-refractivity contribution is 6.25. The van der Waals surface area contributed by atoms with E-state index in [0.717, 1.165) is 10.9 Å². The van der Waals surface area contributed by atoms with Gasteiger partial charge < -0.3 is 4.57 Å². The number of carbonyl (C=O) groups excluding carboxylic acids is 3. The maximum atomic E-state index is 12.5. The molecule has 0 amide bonds. The number of nitrogens with zero attached hydrogens (tertiary/aromatic N) is 1. The second-order valence-corrected chi connectivity index (χ2v) is 5.23. The third-order valence-corrected chi connectivity index (χ3v) is 3.96. The van der Waals surface area contributed by atoms with E-state index in [1.54, 1.807) is 17.7 Å². The monoisotopic (exact) mass is 269 g/mol. The summed E-state index contributed by atoms with van der Waals surface area (Å²) in [5.41, 5.74) is 1.35. The largest absolute Gasteiger partial charge is 0.341 e. The van der Waals surface area contributed by atoms with E-state index in [1.165, 1.54) is 0 Å². The van der Waals surface area contributed by atoms with Gasteiger partial charge in [-0.3, -0.25) is 14.4 Å². The molecule has 102 valence electrons. The van der Waals surface area contributed by atoms with Gasteiger partial charge in [0.05, 0.1) is 5.69 Å². The summed E-state index contributed by atoms with van der Waals surface area (Å²) in [6.45, 7) is 0. The van der Waals surface area contributed by atoms with Crippen LogP contribution in [0.25, 0.3) is 10.9 Å². The molecule has 4 nitrogen and oxygen atoms in total. The first-order valence-corrected chi connectivity index (χ1v) is 6.73. The van der Waals surface area contributed by atoms with E-state index >= 15 is 0 Å². The molecule has 0 saturated heterocycles. The van der Waals surface area contributed by atoms with Gasteiger partial charge >= 0.3 is 0 Å². The average Bonchev–Trinajstić information content (AvgIpc) is 2.76. The van der Waals surface area contributed by atoms with E-state index < -0.39 is 5.92 Å². The highest BCUT2D eigenvalue weighted by atomic mass is 16.2. The van der Waals surface area contributed by atoms with Crippen LogP contribution >= 0.6 is 0 Å². The van der Waals surface area contributed by atoms with Crippen molar-refractivity contribution in [3.63, 3.8) is 0 Å². The van der Waals surface area contributed by atoms with Crippen molar-refractivity contribution in [1.82, 2.24) is 4.57 Å². The summed E-state index contributed by atoms with van der Waals surface area (Å²) < 4.78 is 1.76. The summed E-state index contributed by atoms with van der Waals surface area (Å²) in [6, 6.07) is 9.38. The molecular formula is C16H15NO3. The number of rotatable bonds is 2. The van der Waals surface area contributed by atoms with Crippen molar-refractivity contribution in [2.24, 2.45) is 13.0 Å². The third-order valence-electron chi connectivity index (χ3n) is 3.96. The number of hydrogen-bond acceptors (Lipinski definition) is 3. The quantitative estimate of drug-likeness (QED) is 0.621. The maximum Gasteiger partial charge on any atom is 0.197 e. The fourth-order valence-electron chi connectivity index (χ4n) is 2.87. The fraction of sp³-hybridized carbons (Fsp3) is 0.312. The number of para-hydroxylation sites is 1. The Morgan fingerprint density at radius 1 is 1.15 bits per heavy atom. The number of carbonyl (C=O) groups is 3. The van der Waals surface area contributed by atoms with Crippen molar-refractivity contribution in [2.75, 3.05) is 0 Å². The highest BCUT2D eigenvalue weighted by Gasteiger charge is 2.37. The van der Waals surface area contributed by atoms with Crippen molar-refractivity contribution >= 4 is 28.3 Å². The van der Waals surface area contributed by atoms with Gasteiger partial charge in [-0.25, -0.2) is 0 Å². The summed E-state index contributed by atoms with van der Waals surface area (Å²) in [5.74, 6) is -1.93. The van der Waals surface area contributed by atoms with Crippen LogP contribution < -0.4 is 0 Å². The SMILES string of the molecule is Cn1c(C(=O)C2C(=O)CCCC2=O)cc2ccccc21. The number of ketones is 3. The van der Waals surface area contributed by atoms with E-state index in [2.05, 4.69) is 0 Å². The van der Waals surface area contributed by atoms with Crippen LogP contribution in [0.3, 0.4) is 0 Å². The molecule has 1 aliphatic rings. The molecule has 0 aliphatic heterocycles. The minimum absolute atomic E-state index is 0.239. The summed E-state index contributed by atoms with van der Waals surface area (Å²) in [4.78, 5) is 36.3. The van der Waals surface area contributed by atoms with E-state index in [-0.39, 0.29) is 17.3 Å². The molecule has 1 aliphatic carbocycles. The molecule has 1 heterocycles. The van der Waals surface area contributed by atoms with E-state index in [1.807, 2.05) is 24.3 Å². The first-order valence-electron chi connectivity index (χ1n) is 6.73. The molecule has 0 unspecified atom stereocenters. The lowest BCUT2D eigenvalue weighted by Crippen LogP contribution is -2.36. The molecule has 1 saturated carbocycles. The van der Waals surface area contributed by atoms with Gasteiger partial charge in [-0.15, -0.1) is 0 Å². The first-order chi connectivity index (χ1) is 9.59. The molecular weight excluding hydrogens is 254 g/mol. The minimum Gasteiger partial charge on any atom is -0.341 e. The van der Waals surface area contributed by atoms with Crippen molar-refractivity contribution in [3.8, 4) is 0 Å². The Morgan fingerprint density at radius 2 is 1.80 bits per heavy atom. The Hall–Kier alpha value is -2.23.